The van der Waals surface area contributed by atoms with Crippen molar-refractivity contribution in [1.29, 1.82) is 0 Å². The van der Waals surface area contributed by atoms with Gasteiger partial charge in [0.05, 0.1) is 22.6 Å². The molecule has 1 aliphatic rings. The third kappa shape index (κ3) is 5.10. The summed E-state index contributed by atoms with van der Waals surface area (Å²) >= 11 is 5.79. The van der Waals surface area contributed by atoms with Crippen LogP contribution in [0.2, 0.25) is 5.02 Å². The van der Waals surface area contributed by atoms with E-state index in [1.807, 2.05) is 24.3 Å². The number of para-hydroxylation sites is 1. The molecular weight excluding hydrogens is 474 g/mol. The Bertz CT molecular complexity index is 1360. The normalized spacial score (nSPS) is 20.1. The van der Waals surface area contributed by atoms with Gasteiger partial charge >= 0.3 is 0 Å². The summed E-state index contributed by atoms with van der Waals surface area (Å²) in [6.07, 6.45) is 0.389. The zero-order valence-electron chi connectivity index (χ0n) is 19.0. The fourth-order valence-electron chi connectivity index (χ4n) is 4.70. The SMILES string of the molecule is [C-]#[N+]N=C(C)c1cn(CC(=O)C2C[C@H](F)C[C@H]2C(=O)NCc2cccc(Cl)c2F)c2ccccc12. The van der Waals surface area contributed by atoms with Gasteiger partial charge in [0.1, 0.15) is 17.7 Å². The molecule has 35 heavy (non-hydrogen) atoms. The molecule has 1 aliphatic carbocycles. The molecule has 0 spiro atoms. The number of nitrogens with zero attached hydrogens (tertiary/aromatic N) is 3. The highest BCUT2D eigenvalue weighted by Gasteiger charge is 2.42. The predicted molar refractivity (Wildman–Crippen MR) is 130 cm³/mol. The fourth-order valence-corrected chi connectivity index (χ4v) is 4.89. The molecule has 1 heterocycles. The number of hydrogen-bond acceptors (Lipinski definition) is 3. The highest BCUT2D eigenvalue weighted by Crippen LogP contribution is 2.36. The number of nitrogens with one attached hydrogen (secondary N) is 1. The Kier molecular flexibility index (Phi) is 7.27. The van der Waals surface area contributed by atoms with E-state index in [2.05, 4.69) is 15.4 Å². The Hall–Kier alpha value is -3.57. The standard InChI is InChI=1S/C26H23ClF2N4O2/c1-15(32-30-2)21-13-33(23-9-4-3-7-18(21)23)14-24(34)19-10-17(28)11-20(19)26(35)31-12-16-6-5-8-22(27)25(16)29/h3-9,13,17,19-20H,10-12,14H2,1H3,(H,31,35)/t17-,19?,20+/m0/s1. The summed E-state index contributed by atoms with van der Waals surface area (Å²) in [5.74, 6) is -3.00. The van der Waals surface area contributed by atoms with Gasteiger partial charge in [0, 0.05) is 40.7 Å². The van der Waals surface area contributed by atoms with E-state index in [4.69, 9.17) is 18.2 Å². The number of alkyl halides is 1. The van der Waals surface area contributed by atoms with Crippen molar-refractivity contribution < 1.29 is 18.4 Å². The van der Waals surface area contributed by atoms with Gasteiger partial charge in [0.15, 0.2) is 5.78 Å². The first-order valence-corrected chi connectivity index (χ1v) is 11.5. The fraction of sp³-hybridized carbons (Fsp3) is 0.308. The molecule has 0 saturated heterocycles. The number of carbonyl (C=O) groups excluding carboxylic acids is 2. The Morgan fingerprint density at radius 3 is 2.71 bits per heavy atom. The van der Waals surface area contributed by atoms with Crippen LogP contribution in [0.3, 0.4) is 0 Å². The molecule has 2 aromatic carbocycles. The van der Waals surface area contributed by atoms with Gasteiger partial charge in [0.2, 0.25) is 5.91 Å². The molecule has 0 bridgehead atoms. The highest BCUT2D eigenvalue weighted by atomic mass is 35.5. The zero-order valence-corrected chi connectivity index (χ0v) is 19.7. The summed E-state index contributed by atoms with van der Waals surface area (Å²) in [7, 11) is 0. The lowest BCUT2D eigenvalue weighted by Gasteiger charge is -2.18. The van der Waals surface area contributed by atoms with Gasteiger partial charge in [0.25, 0.3) is 0 Å². The Morgan fingerprint density at radius 2 is 1.94 bits per heavy atom. The number of amides is 1. The van der Waals surface area contributed by atoms with E-state index in [1.165, 1.54) is 12.1 Å². The summed E-state index contributed by atoms with van der Waals surface area (Å²) in [4.78, 5) is 29.2. The molecule has 1 fully saturated rings. The molecule has 4 rings (SSSR count). The second kappa shape index (κ2) is 10.4. The first kappa shape index (κ1) is 24.6. The molecule has 1 unspecified atom stereocenters. The average Bonchev–Trinajstić information content (AvgIpc) is 3.41. The van der Waals surface area contributed by atoms with Gasteiger partial charge in [-0.05, 0) is 31.9 Å². The molecule has 1 saturated carbocycles. The molecule has 3 atom stereocenters. The number of aromatic nitrogens is 1. The number of hydrogen-bond donors (Lipinski definition) is 1. The van der Waals surface area contributed by atoms with Gasteiger partial charge in [-0.1, -0.05) is 41.9 Å². The van der Waals surface area contributed by atoms with Gasteiger partial charge in [-0.3, -0.25) is 9.59 Å². The Labute approximate surface area is 206 Å². The lowest BCUT2D eigenvalue weighted by atomic mass is 9.91. The van der Waals surface area contributed by atoms with Crippen LogP contribution in [0.5, 0.6) is 0 Å². The van der Waals surface area contributed by atoms with Crippen molar-refractivity contribution in [3.05, 3.63) is 82.2 Å². The number of ketones is 1. The lowest BCUT2D eigenvalue weighted by Crippen LogP contribution is -2.36. The van der Waals surface area contributed by atoms with Crippen LogP contribution < -0.4 is 5.32 Å². The van der Waals surface area contributed by atoms with Crippen molar-refractivity contribution in [2.24, 2.45) is 16.9 Å². The number of carbonyl (C=O) groups is 2. The van der Waals surface area contributed by atoms with Gasteiger partial charge in [-0.2, -0.15) is 6.57 Å². The van der Waals surface area contributed by atoms with E-state index in [1.54, 1.807) is 23.8 Å². The van der Waals surface area contributed by atoms with E-state index in [-0.39, 0.29) is 42.3 Å². The zero-order chi connectivity index (χ0) is 25.1. The van der Waals surface area contributed by atoms with E-state index < -0.39 is 29.7 Å². The molecule has 0 aliphatic heterocycles. The number of rotatable bonds is 7. The average molecular weight is 497 g/mol. The van der Waals surface area contributed by atoms with E-state index in [0.717, 1.165) is 16.5 Å². The number of halogens is 3. The second-order valence-corrected chi connectivity index (χ2v) is 9.06. The molecule has 1 aromatic heterocycles. The van der Waals surface area contributed by atoms with E-state index >= 15 is 0 Å². The van der Waals surface area contributed by atoms with E-state index in [0.29, 0.717) is 5.71 Å². The van der Waals surface area contributed by atoms with Crippen LogP contribution in [-0.2, 0) is 22.7 Å². The smallest absolute Gasteiger partial charge is 0.224 e. The van der Waals surface area contributed by atoms with Crippen molar-refractivity contribution in [2.75, 3.05) is 0 Å². The molecule has 1 N–H and O–H groups in total. The van der Waals surface area contributed by atoms with Crippen molar-refractivity contribution in [3.63, 3.8) is 0 Å². The number of benzene rings is 2. The van der Waals surface area contributed by atoms with Crippen LogP contribution in [0.1, 0.15) is 30.9 Å². The van der Waals surface area contributed by atoms with Crippen LogP contribution >= 0.6 is 11.6 Å². The Morgan fingerprint density at radius 1 is 1.20 bits per heavy atom. The Balaban J connectivity index is 1.52. The van der Waals surface area contributed by atoms with Gasteiger partial charge in [-0.25, -0.2) is 8.78 Å². The summed E-state index contributed by atoms with van der Waals surface area (Å²) in [5.41, 5.74) is 2.25. The maximum absolute atomic E-state index is 14.4. The predicted octanol–water partition coefficient (Wildman–Crippen LogP) is 5.33. The van der Waals surface area contributed by atoms with Crippen LogP contribution in [0, 0.1) is 24.2 Å². The van der Waals surface area contributed by atoms with Gasteiger partial charge < -0.3 is 9.88 Å². The molecule has 180 valence electrons. The summed E-state index contributed by atoms with van der Waals surface area (Å²) in [6.45, 7) is 8.56. The minimum absolute atomic E-state index is 0.0350. The molecule has 9 heteroatoms. The van der Waals surface area contributed by atoms with Crippen LogP contribution in [0.4, 0.5) is 8.78 Å². The monoisotopic (exact) mass is 496 g/mol. The maximum atomic E-state index is 14.4. The minimum atomic E-state index is -1.27. The maximum Gasteiger partial charge on any atom is 0.224 e. The van der Waals surface area contributed by atoms with Crippen molar-refractivity contribution in [1.82, 2.24) is 9.88 Å². The first-order chi connectivity index (χ1) is 16.8. The highest BCUT2D eigenvalue weighted by molar-refractivity contribution is 6.30. The molecule has 6 nitrogen and oxygen atoms in total. The van der Waals surface area contributed by atoms with Gasteiger partial charge in [-0.15, -0.1) is 4.95 Å². The quantitative estimate of drug-likeness (QED) is 0.273. The minimum Gasteiger partial charge on any atom is -0.352 e. The first-order valence-electron chi connectivity index (χ1n) is 11.2. The number of fused-ring (bicyclic) bond motifs is 1. The topological polar surface area (TPSA) is 67.8 Å². The third-order valence-electron chi connectivity index (χ3n) is 6.44. The van der Waals surface area contributed by atoms with Crippen LogP contribution in [0.25, 0.3) is 15.9 Å². The lowest BCUT2D eigenvalue weighted by molar-refractivity contribution is -0.132. The molecule has 0 radical (unpaired) electrons. The summed E-state index contributed by atoms with van der Waals surface area (Å²) in [6, 6.07) is 11.9. The van der Waals surface area contributed by atoms with Crippen LogP contribution in [0.15, 0.2) is 53.8 Å². The second-order valence-electron chi connectivity index (χ2n) is 8.65. The van der Waals surface area contributed by atoms with Crippen molar-refractivity contribution >= 4 is 39.9 Å². The molecule has 3 aromatic rings. The van der Waals surface area contributed by atoms with Crippen LogP contribution in [-0.4, -0.2) is 28.1 Å². The summed E-state index contributed by atoms with van der Waals surface area (Å²) in [5, 5.41) is 7.22. The largest absolute Gasteiger partial charge is 0.352 e. The van der Waals surface area contributed by atoms with E-state index in [9.17, 15) is 18.4 Å². The molecule has 1 amide bonds. The summed E-state index contributed by atoms with van der Waals surface area (Å²) < 4.78 is 30.2. The van der Waals surface area contributed by atoms with Crippen molar-refractivity contribution in [3.8, 4) is 0 Å². The third-order valence-corrected chi connectivity index (χ3v) is 6.74. The van der Waals surface area contributed by atoms with Crippen molar-refractivity contribution in [2.45, 2.75) is 39.0 Å². The molecular formula is C26H23ClF2N4O2. The number of Topliss-reactive ketones (excluding diaryl/α,β-unsaturated/α-hetero) is 1.